The van der Waals surface area contributed by atoms with E-state index in [1.54, 1.807) is 12.7 Å². The van der Waals surface area contributed by atoms with Crippen LogP contribution in [0.1, 0.15) is 63.0 Å². The maximum Gasteiger partial charge on any atom is 0.150 e. The minimum Gasteiger partial charge on any atom is -0.266 e. The van der Waals surface area contributed by atoms with Crippen molar-refractivity contribution in [3.8, 4) is 0 Å². The van der Waals surface area contributed by atoms with E-state index < -0.39 is 0 Å². The molecule has 2 rings (SSSR count). The molecule has 6 nitrogen and oxygen atoms in total. The Labute approximate surface area is 119 Å². The zero-order valence-corrected chi connectivity index (χ0v) is 12.0. The van der Waals surface area contributed by atoms with Gasteiger partial charge in [-0.05, 0) is 12.8 Å². The van der Waals surface area contributed by atoms with E-state index in [0.717, 1.165) is 24.5 Å². The highest BCUT2D eigenvalue weighted by molar-refractivity contribution is 4.79. The van der Waals surface area contributed by atoms with Crippen LogP contribution in [-0.4, -0.2) is 30.4 Å². The normalized spacial score (nSPS) is 11.0. The van der Waals surface area contributed by atoms with E-state index in [1.165, 1.54) is 51.4 Å². The molecule has 0 aliphatic heterocycles. The summed E-state index contributed by atoms with van der Waals surface area (Å²) in [5, 5.41) is 13.6. The molecule has 0 bridgehead atoms. The van der Waals surface area contributed by atoms with Crippen LogP contribution in [0.4, 0.5) is 0 Å². The Morgan fingerprint density at radius 3 is 1.35 bits per heavy atom. The van der Waals surface area contributed by atoms with Gasteiger partial charge in [0.2, 0.25) is 0 Å². The molecule has 0 saturated carbocycles. The van der Waals surface area contributed by atoms with E-state index in [2.05, 4.69) is 30.4 Å². The minimum absolute atomic E-state index is 0.942. The Hall–Kier alpha value is -1.72. The first-order valence-electron chi connectivity index (χ1n) is 7.64. The van der Waals surface area contributed by atoms with E-state index in [-0.39, 0.29) is 0 Å². The van der Waals surface area contributed by atoms with E-state index >= 15 is 0 Å². The molecule has 2 aromatic heterocycles. The van der Waals surface area contributed by atoms with E-state index in [1.807, 2.05) is 0 Å². The second-order valence-corrected chi connectivity index (χ2v) is 5.16. The third-order valence-corrected chi connectivity index (χ3v) is 3.48. The van der Waals surface area contributed by atoms with Crippen molar-refractivity contribution in [2.75, 3.05) is 0 Å². The zero-order chi connectivity index (χ0) is 13.9. The van der Waals surface area contributed by atoms with Crippen molar-refractivity contribution < 1.29 is 0 Å². The van der Waals surface area contributed by atoms with Crippen LogP contribution in [0, 0.1) is 0 Å². The van der Waals surface area contributed by atoms with Gasteiger partial charge < -0.3 is 0 Å². The van der Waals surface area contributed by atoms with E-state index in [4.69, 9.17) is 0 Å². The number of nitrogens with one attached hydrogen (secondary N) is 2. The Morgan fingerprint density at radius 2 is 1.00 bits per heavy atom. The lowest BCUT2D eigenvalue weighted by molar-refractivity contribution is 0.562. The van der Waals surface area contributed by atoms with E-state index in [0.29, 0.717) is 0 Å². The summed E-state index contributed by atoms with van der Waals surface area (Å²) in [5.41, 5.74) is 0. The zero-order valence-electron chi connectivity index (χ0n) is 12.0. The van der Waals surface area contributed by atoms with Crippen LogP contribution in [0.25, 0.3) is 0 Å². The quantitative estimate of drug-likeness (QED) is 0.618. The minimum atomic E-state index is 0.942. The van der Waals surface area contributed by atoms with Crippen molar-refractivity contribution in [2.45, 2.75) is 64.2 Å². The van der Waals surface area contributed by atoms with Gasteiger partial charge in [0.25, 0.3) is 0 Å². The molecule has 2 aromatic rings. The molecule has 0 aromatic carbocycles. The molecule has 2 N–H and O–H groups in total. The summed E-state index contributed by atoms with van der Waals surface area (Å²) < 4.78 is 0. The number of hydrogen-bond acceptors (Lipinski definition) is 4. The van der Waals surface area contributed by atoms with Crippen molar-refractivity contribution in [1.82, 2.24) is 30.4 Å². The summed E-state index contributed by atoms with van der Waals surface area (Å²) in [7, 11) is 0. The SMILES string of the molecule is c1nc(CCCCCCCCCCc2nc[nH]n2)n[nH]1. The number of nitrogens with zero attached hydrogens (tertiary/aromatic N) is 4. The van der Waals surface area contributed by atoms with Gasteiger partial charge >= 0.3 is 0 Å². The van der Waals surface area contributed by atoms with Gasteiger partial charge in [0.15, 0.2) is 0 Å². The predicted octanol–water partition coefficient (Wildman–Crippen LogP) is 2.83. The number of H-pyrrole nitrogens is 2. The van der Waals surface area contributed by atoms with Gasteiger partial charge in [0, 0.05) is 12.8 Å². The first-order chi connectivity index (χ1) is 9.95. The van der Waals surface area contributed by atoms with Crippen molar-refractivity contribution in [2.24, 2.45) is 0 Å². The standard InChI is InChI=1S/C14H24N6/c1(3-5-7-9-13-15-11-17-19-13)2-4-6-8-10-14-16-12-18-20-14/h11-12H,1-10H2,(H,15,17,19)(H,16,18,20). The molecule has 0 unspecified atom stereocenters. The van der Waals surface area contributed by atoms with Gasteiger partial charge in [-0.25, -0.2) is 9.97 Å². The molecule has 0 fully saturated rings. The average Bonchev–Trinajstić information content (AvgIpc) is 3.14. The molecule has 110 valence electrons. The van der Waals surface area contributed by atoms with Crippen molar-refractivity contribution in [1.29, 1.82) is 0 Å². The topological polar surface area (TPSA) is 83.1 Å². The molecule has 2 heterocycles. The predicted molar refractivity (Wildman–Crippen MR) is 77.1 cm³/mol. The fourth-order valence-corrected chi connectivity index (χ4v) is 2.34. The molecule has 20 heavy (non-hydrogen) atoms. The lowest BCUT2D eigenvalue weighted by Gasteiger charge is -2.01. The summed E-state index contributed by atoms with van der Waals surface area (Å²) in [4.78, 5) is 8.25. The van der Waals surface area contributed by atoms with Crippen molar-refractivity contribution in [3.63, 3.8) is 0 Å². The van der Waals surface area contributed by atoms with Crippen molar-refractivity contribution >= 4 is 0 Å². The molecule has 0 atom stereocenters. The van der Waals surface area contributed by atoms with E-state index in [9.17, 15) is 0 Å². The number of rotatable bonds is 11. The fraction of sp³-hybridized carbons (Fsp3) is 0.714. The fourth-order valence-electron chi connectivity index (χ4n) is 2.34. The highest BCUT2D eigenvalue weighted by Gasteiger charge is 1.98. The summed E-state index contributed by atoms with van der Waals surface area (Å²) in [6.45, 7) is 0. The summed E-state index contributed by atoms with van der Waals surface area (Å²) in [6.07, 6.45) is 15.6. The summed E-state index contributed by atoms with van der Waals surface area (Å²) in [6, 6.07) is 0. The third kappa shape index (κ3) is 5.95. The highest BCUT2D eigenvalue weighted by atomic mass is 15.2. The molecule has 0 radical (unpaired) electrons. The van der Waals surface area contributed by atoms with Gasteiger partial charge in [-0.3, -0.25) is 10.2 Å². The first kappa shape index (κ1) is 14.7. The van der Waals surface area contributed by atoms with Crippen LogP contribution in [-0.2, 0) is 12.8 Å². The lowest BCUT2D eigenvalue weighted by Crippen LogP contribution is -1.90. The molecule has 0 aliphatic rings. The van der Waals surface area contributed by atoms with Gasteiger partial charge in [0.05, 0.1) is 0 Å². The van der Waals surface area contributed by atoms with Gasteiger partial charge in [0.1, 0.15) is 24.3 Å². The molecule has 0 spiro atoms. The highest BCUT2D eigenvalue weighted by Crippen LogP contribution is 2.10. The maximum absolute atomic E-state index is 4.13. The van der Waals surface area contributed by atoms with Crippen molar-refractivity contribution in [3.05, 3.63) is 24.3 Å². The molecular weight excluding hydrogens is 252 g/mol. The number of unbranched alkanes of at least 4 members (excludes halogenated alkanes) is 7. The summed E-state index contributed by atoms with van der Waals surface area (Å²) >= 11 is 0. The number of aromatic nitrogens is 6. The maximum atomic E-state index is 4.13. The molecule has 0 saturated heterocycles. The summed E-state index contributed by atoms with van der Waals surface area (Å²) in [5.74, 6) is 1.88. The first-order valence-corrected chi connectivity index (χ1v) is 7.64. The molecule has 0 amide bonds. The van der Waals surface area contributed by atoms with Crippen LogP contribution >= 0.6 is 0 Å². The number of aromatic amines is 2. The smallest absolute Gasteiger partial charge is 0.150 e. The Bertz CT molecular complexity index is 380. The van der Waals surface area contributed by atoms with Crippen LogP contribution in [0.2, 0.25) is 0 Å². The van der Waals surface area contributed by atoms with Crippen LogP contribution < -0.4 is 0 Å². The third-order valence-electron chi connectivity index (χ3n) is 3.48. The average molecular weight is 276 g/mol. The van der Waals surface area contributed by atoms with Crippen LogP contribution in [0.5, 0.6) is 0 Å². The van der Waals surface area contributed by atoms with Crippen LogP contribution in [0.15, 0.2) is 12.7 Å². The Morgan fingerprint density at radius 1 is 0.600 bits per heavy atom. The monoisotopic (exact) mass is 276 g/mol. The lowest BCUT2D eigenvalue weighted by atomic mass is 10.1. The molecular formula is C14H24N6. The number of aryl methyl sites for hydroxylation is 2. The van der Waals surface area contributed by atoms with Gasteiger partial charge in [-0.15, -0.1) is 0 Å². The molecule has 0 aliphatic carbocycles. The number of hydrogen-bond donors (Lipinski definition) is 2. The second kappa shape index (κ2) is 9.23. The Balaban J connectivity index is 1.33. The van der Waals surface area contributed by atoms with Crippen LogP contribution in [0.3, 0.4) is 0 Å². The largest absolute Gasteiger partial charge is 0.266 e. The Kier molecular flexibility index (Phi) is 6.77. The molecule has 6 heteroatoms. The second-order valence-electron chi connectivity index (χ2n) is 5.16. The van der Waals surface area contributed by atoms with Gasteiger partial charge in [-0.2, -0.15) is 10.2 Å². The van der Waals surface area contributed by atoms with Gasteiger partial charge in [-0.1, -0.05) is 38.5 Å².